The Kier molecular flexibility index (Phi) is 5.22. The van der Waals surface area contributed by atoms with Crippen LogP contribution in [0.2, 0.25) is 0 Å². The molecule has 1 fully saturated rings. The van der Waals surface area contributed by atoms with E-state index in [0.717, 1.165) is 38.3 Å². The summed E-state index contributed by atoms with van der Waals surface area (Å²) in [6.45, 7) is 8.91. The summed E-state index contributed by atoms with van der Waals surface area (Å²) in [6.07, 6.45) is 6.13. The first-order chi connectivity index (χ1) is 9.28. The van der Waals surface area contributed by atoms with Crippen LogP contribution < -0.4 is 10.1 Å². The standard InChI is InChI=1S/C14H25N3O2/c1-4-7-17-10-11(9-16-17)19-13-8-12(15-5-2)14(13)18-6-3/h9-10,12-15H,4-8H2,1-3H3. The van der Waals surface area contributed by atoms with E-state index in [9.17, 15) is 0 Å². The highest BCUT2D eigenvalue weighted by Crippen LogP contribution is 2.29. The third-order valence-corrected chi connectivity index (χ3v) is 3.42. The number of aromatic nitrogens is 2. The van der Waals surface area contributed by atoms with Crippen molar-refractivity contribution in [2.75, 3.05) is 13.2 Å². The molecule has 0 aliphatic heterocycles. The van der Waals surface area contributed by atoms with Crippen LogP contribution >= 0.6 is 0 Å². The molecule has 0 radical (unpaired) electrons. The lowest BCUT2D eigenvalue weighted by Gasteiger charge is -2.43. The number of hydrogen-bond donors (Lipinski definition) is 1. The Balaban J connectivity index is 1.87. The topological polar surface area (TPSA) is 48.3 Å². The molecule has 1 aliphatic rings. The van der Waals surface area contributed by atoms with Gasteiger partial charge in [0.15, 0.2) is 5.75 Å². The fraction of sp³-hybridized carbons (Fsp3) is 0.786. The van der Waals surface area contributed by atoms with Crippen molar-refractivity contribution < 1.29 is 9.47 Å². The van der Waals surface area contributed by atoms with Crippen LogP contribution in [0.5, 0.6) is 5.75 Å². The number of rotatable bonds is 8. The van der Waals surface area contributed by atoms with E-state index >= 15 is 0 Å². The molecule has 5 heteroatoms. The van der Waals surface area contributed by atoms with Crippen molar-refractivity contribution in [3.8, 4) is 5.75 Å². The molecule has 3 unspecified atom stereocenters. The van der Waals surface area contributed by atoms with Crippen LogP contribution in [-0.4, -0.2) is 41.2 Å². The highest BCUT2D eigenvalue weighted by atomic mass is 16.5. The van der Waals surface area contributed by atoms with Gasteiger partial charge in [-0.25, -0.2) is 0 Å². The Hall–Kier alpha value is -1.07. The molecule has 1 aromatic heterocycles. The number of nitrogens with zero attached hydrogens (tertiary/aromatic N) is 2. The summed E-state index contributed by atoms with van der Waals surface area (Å²) in [5.41, 5.74) is 0. The smallest absolute Gasteiger partial charge is 0.157 e. The van der Waals surface area contributed by atoms with E-state index < -0.39 is 0 Å². The van der Waals surface area contributed by atoms with Crippen LogP contribution in [-0.2, 0) is 11.3 Å². The molecule has 0 bridgehead atoms. The zero-order valence-electron chi connectivity index (χ0n) is 12.1. The predicted molar refractivity (Wildman–Crippen MR) is 74.4 cm³/mol. The van der Waals surface area contributed by atoms with Crippen LogP contribution in [0, 0.1) is 0 Å². The zero-order chi connectivity index (χ0) is 13.7. The second-order valence-corrected chi connectivity index (χ2v) is 4.92. The first kappa shape index (κ1) is 14.3. The number of hydrogen-bond acceptors (Lipinski definition) is 4. The van der Waals surface area contributed by atoms with Crippen molar-refractivity contribution in [3.63, 3.8) is 0 Å². The molecule has 1 aliphatic carbocycles. The molecule has 19 heavy (non-hydrogen) atoms. The van der Waals surface area contributed by atoms with Crippen molar-refractivity contribution in [1.29, 1.82) is 0 Å². The van der Waals surface area contributed by atoms with E-state index in [1.54, 1.807) is 6.20 Å². The highest BCUT2D eigenvalue weighted by molar-refractivity contribution is 5.14. The van der Waals surface area contributed by atoms with E-state index in [1.807, 2.05) is 17.8 Å². The lowest BCUT2D eigenvalue weighted by molar-refractivity contribution is -0.104. The Morgan fingerprint density at radius 1 is 1.42 bits per heavy atom. The number of ether oxygens (including phenoxy) is 2. The van der Waals surface area contributed by atoms with Gasteiger partial charge in [0.2, 0.25) is 0 Å². The second-order valence-electron chi connectivity index (χ2n) is 4.92. The first-order valence-electron chi connectivity index (χ1n) is 7.32. The second kappa shape index (κ2) is 6.91. The quantitative estimate of drug-likeness (QED) is 0.780. The van der Waals surface area contributed by atoms with Crippen LogP contribution in [0.4, 0.5) is 0 Å². The Morgan fingerprint density at radius 2 is 2.26 bits per heavy atom. The minimum atomic E-state index is 0.142. The largest absolute Gasteiger partial charge is 0.484 e. The van der Waals surface area contributed by atoms with E-state index in [1.165, 1.54) is 0 Å². The van der Waals surface area contributed by atoms with Gasteiger partial charge >= 0.3 is 0 Å². The van der Waals surface area contributed by atoms with Gasteiger partial charge in [-0.2, -0.15) is 5.10 Å². The first-order valence-corrected chi connectivity index (χ1v) is 7.32. The average Bonchev–Trinajstić information content (AvgIpc) is 2.83. The maximum absolute atomic E-state index is 5.97. The number of nitrogens with one attached hydrogen (secondary N) is 1. The predicted octanol–water partition coefficient (Wildman–Crippen LogP) is 1.83. The van der Waals surface area contributed by atoms with Gasteiger partial charge in [-0.05, 0) is 19.9 Å². The van der Waals surface area contributed by atoms with E-state index in [2.05, 4.69) is 24.3 Å². The van der Waals surface area contributed by atoms with Crippen molar-refractivity contribution in [3.05, 3.63) is 12.4 Å². The van der Waals surface area contributed by atoms with Crippen LogP contribution in [0.25, 0.3) is 0 Å². The summed E-state index contributed by atoms with van der Waals surface area (Å²) in [6, 6.07) is 0.417. The van der Waals surface area contributed by atoms with Gasteiger partial charge in [0.05, 0.1) is 12.4 Å². The molecule has 0 amide bonds. The maximum atomic E-state index is 5.97. The molecule has 0 spiro atoms. The van der Waals surface area contributed by atoms with Crippen molar-refractivity contribution >= 4 is 0 Å². The lowest BCUT2D eigenvalue weighted by atomic mass is 9.85. The normalized spacial score (nSPS) is 26.2. The molecule has 5 nitrogen and oxygen atoms in total. The fourth-order valence-electron chi connectivity index (χ4n) is 2.51. The van der Waals surface area contributed by atoms with Crippen LogP contribution in [0.15, 0.2) is 12.4 Å². The summed E-state index contributed by atoms with van der Waals surface area (Å²) in [5.74, 6) is 0.845. The molecule has 1 N–H and O–H groups in total. The number of aryl methyl sites for hydroxylation is 1. The van der Waals surface area contributed by atoms with Gasteiger partial charge in [-0.1, -0.05) is 13.8 Å². The summed E-state index contributed by atoms with van der Waals surface area (Å²) >= 11 is 0. The zero-order valence-corrected chi connectivity index (χ0v) is 12.1. The molecule has 0 saturated heterocycles. The molecular weight excluding hydrogens is 242 g/mol. The highest BCUT2D eigenvalue weighted by Gasteiger charge is 2.43. The Bertz CT molecular complexity index is 381. The summed E-state index contributed by atoms with van der Waals surface area (Å²) < 4.78 is 13.7. The third-order valence-electron chi connectivity index (χ3n) is 3.42. The van der Waals surface area contributed by atoms with Gasteiger partial charge in [0.1, 0.15) is 12.2 Å². The Labute approximate surface area is 115 Å². The summed E-state index contributed by atoms with van der Waals surface area (Å²) in [5, 5.41) is 7.71. The van der Waals surface area contributed by atoms with E-state index in [-0.39, 0.29) is 12.2 Å². The molecule has 1 heterocycles. The minimum absolute atomic E-state index is 0.142. The molecule has 3 atom stereocenters. The monoisotopic (exact) mass is 267 g/mol. The van der Waals surface area contributed by atoms with Crippen LogP contribution in [0.3, 0.4) is 0 Å². The van der Waals surface area contributed by atoms with E-state index in [0.29, 0.717) is 6.04 Å². The van der Waals surface area contributed by atoms with Crippen LogP contribution in [0.1, 0.15) is 33.6 Å². The summed E-state index contributed by atoms with van der Waals surface area (Å²) in [4.78, 5) is 0. The van der Waals surface area contributed by atoms with E-state index in [4.69, 9.17) is 9.47 Å². The maximum Gasteiger partial charge on any atom is 0.157 e. The fourth-order valence-corrected chi connectivity index (χ4v) is 2.51. The van der Waals surface area contributed by atoms with Gasteiger partial charge in [0, 0.05) is 25.6 Å². The Morgan fingerprint density at radius 3 is 2.95 bits per heavy atom. The number of likely N-dealkylation sites (N-methyl/N-ethyl adjacent to an activating group) is 1. The van der Waals surface area contributed by atoms with Gasteiger partial charge in [-0.15, -0.1) is 0 Å². The third kappa shape index (κ3) is 3.48. The molecule has 108 valence electrons. The minimum Gasteiger partial charge on any atom is -0.484 e. The van der Waals surface area contributed by atoms with Crippen molar-refractivity contribution in [2.24, 2.45) is 0 Å². The van der Waals surface area contributed by atoms with Crippen molar-refractivity contribution in [2.45, 2.75) is 58.4 Å². The van der Waals surface area contributed by atoms with Crippen molar-refractivity contribution in [1.82, 2.24) is 15.1 Å². The molecule has 2 rings (SSSR count). The SMILES string of the molecule is CCCn1cc(OC2CC(NCC)C2OCC)cn1. The average molecular weight is 267 g/mol. The molecular formula is C14H25N3O2. The van der Waals surface area contributed by atoms with Gasteiger partial charge in [0.25, 0.3) is 0 Å². The molecule has 0 aromatic carbocycles. The van der Waals surface area contributed by atoms with Gasteiger partial charge < -0.3 is 14.8 Å². The molecule has 1 aromatic rings. The molecule has 1 saturated carbocycles. The van der Waals surface area contributed by atoms with Gasteiger partial charge in [-0.3, -0.25) is 4.68 Å². The lowest BCUT2D eigenvalue weighted by Crippen LogP contribution is -2.61. The summed E-state index contributed by atoms with van der Waals surface area (Å²) in [7, 11) is 0.